The molecule has 0 amide bonds. The summed E-state index contributed by atoms with van der Waals surface area (Å²) < 4.78 is 13.0. The van der Waals surface area contributed by atoms with Crippen LogP contribution >= 0.6 is 0 Å². The van der Waals surface area contributed by atoms with Crippen molar-refractivity contribution in [3.63, 3.8) is 0 Å². The summed E-state index contributed by atoms with van der Waals surface area (Å²) in [7, 11) is 0. The monoisotopic (exact) mass is 462 g/mol. The molecule has 0 aliphatic heterocycles. The fourth-order valence-electron chi connectivity index (χ4n) is 3.49. The zero-order valence-corrected chi connectivity index (χ0v) is 18.4. The molecular weight excluding hydrogens is 433 g/mol. The van der Waals surface area contributed by atoms with Gasteiger partial charge in [-0.05, 0) is 24.6 Å². The number of nitrogens with zero attached hydrogens (tertiary/aromatic N) is 2. The van der Waals surface area contributed by atoms with Crippen LogP contribution in [0.1, 0.15) is 37.8 Å². The standard InChI is InChI=1S/C25H28N2O5.Mg.2H/c1-3-23-26-21(18-8-6-5-7-9-18)16-24(28)27(23)14-15-32-20-12-10-19(11-13-20)22(31-4-2)17-25(29)30;;;/h5-13,16,22H,3-4,14-15,17H2,1-2H3,(H,29,30);;;. The van der Waals surface area contributed by atoms with Gasteiger partial charge in [-0.15, -0.1) is 0 Å². The smallest absolute Gasteiger partial charge is 0.316 e. The van der Waals surface area contributed by atoms with Crippen LogP contribution in [0.5, 0.6) is 5.75 Å². The lowest BCUT2D eigenvalue weighted by atomic mass is 10.1. The second kappa shape index (κ2) is 13.1. The number of ether oxygens (including phenoxy) is 2. The van der Waals surface area contributed by atoms with Crippen molar-refractivity contribution in [2.24, 2.45) is 0 Å². The molecule has 1 unspecified atom stereocenters. The van der Waals surface area contributed by atoms with E-state index in [4.69, 9.17) is 14.6 Å². The molecule has 3 rings (SSSR count). The van der Waals surface area contributed by atoms with Crippen molar-refractivity contribution in [1.29, 1.82) is 0 Å². The summed E-state index contributed by atoms with van der Waals surface area (Å²) in [5, 5.41) is 9.06. The quantitative estimate of drug-likeness (QED) is 0.440. The molecule has 0 spiro atoms. The highest BCUT2D eigenvalue weighted by atomic mass is 24.3. The molecule has 0 saturated heterocycles. The second-order valence-corrected chi connectivity index (χ2v) is 7.23. The molecule has 8 heteroatoms. The number of carboxylic acid groups (broad SMARTS) is 1. The maximum atomic E-state index is 12.7. The second-order valence-electron chi connectivity index (χ2n) is 7.23. The van der Waals surface area contributed by atoms with Crippen molar-refractivity contribution in [2.75, 3.05) is 13.2 Å². The van der Waals surface area contributed by atoms with E-state index in [0.29, 0.717) is 43.4 Å². The predicted molar refractivity (Wildman–Crippen MR) is 130 cm³/mol. The average molecular weight is 463 g/mol. The molecular formula is C25H30MgN2O5. The van der Waals surface area contributed by atoms with Crippen LogP contribution in [0.25, 0.3) is 11.3 Å². The van der Waals surface area contributed by atoms with E-state index in [9.17, 15) is 9.59 Å². The molecule has 2 aromatic carbocycles. The molecule has 0 fully saturated rings. The van der Waals surface area contributed by atoms with Crippen LogP contribution in [0, 0.1) is 0 Å². The minimum atomic E-state index is -0.909. The molecule has 3 aromatic rings. The van der Waals surface area contributed by atoms with Crippen molar-refractivity contribution in [3.8, 4) is 17.0 Å². The van der Waals surface area contributed by atoms with Gasteiger partial charge in [-0.25, -0.2) is 4.98 Å². The van der Waals surface area contributed by atoms with Gasteiger partial charge in [0.1, 0.15) is 18.2 Å². The number of carboxylic acids is 1. The van der Waals surface area contributed by atoms with Crippen LogP contribution in [0.2, 0.25) is 0 Å². The third-order valence-corrected chi connectivity index (χ3v) is 5.04. The zero-order chi connectivity index (χ0) is 22.9. The highest BCUT2D eigenvalue weighted by molar-refractivity contribution is 5.75. The Labute approximate surface area is 209 Å². The van der Waals surface area contributed by atoms with E-state index in [1.165, 1.54) is 0 Å². The molecule has 172 valence electrons. The molecule has 33 heavy (non-hydrogen) atoms. The van der Waals surface area contributed by atoms with E-state index < -0.39 is 12.1 Å². The Morgan fingerprint density at radius 2 is 1.79 bits per heavy atom. The van der Waals surface area contributed by atoms with Gasteiger partial charge in [0.05, 0.1) is 24.8 Å². The number of rotatable bonds is 11. The zero-order valence-electron chi connectivity index (χ0n) is 18.4. The van der Waals surface area contributed by atoms with E-state index in [-0.39, 0.29) is 35.0 Å². The number of aromatic nitrogens is 2. The van der Waals surface area contributed by atoms with Crippen LogP contribution in [0.3, 0.4) is 0 Å². The van der Waals surface area contributed by atoms with E-state index in [0.717, 1.165) is 11.1 Å². The van der Waals surface area contributed by atoms with Crippen molar-refractivity contribution in [3.05, 3.63) is 82.4 Å². The molecule has 1 N–H and O–H groups in total. The maximum absolute atomic E-state index is 12.7. The molecule has 0 aliphatic rings. The summed E-state index contributed by atoms with van der Waals surface area (Å²) in [6.07, 6.45) is 0.0434. The molecule has 0 saturated carbocycles. The van der Waals surface area contributed by atoms with Gasteiger partial charge in [0, 0.05) is 24.7 Å². The van der Waals surface area contributed by atoms with Crippen LogP contribution in [-0.4, -0.2) is 56.9 Å². The molecule has 1 heterocycles. The first kappa shape index (κ1) is 26.6. The lowest BCUT2D eigenvalue weighted by Crippen LogP contribution is -2.27. The van der Waals surface area contributed by atoms with Gasteiger partial charge < -0.3 is 14.6 Å². The Morgan fingerprint density at radius 3 is 2.39 bits per heavy atom. The Morgan fingerprint density at radius 1 is 1.09 bits per heavy atom. The Bertz CT molecular complexity index is 1080. The minimum absolute atomic E-state index is 0. The van der Waals surface area contributed by atoms with E-state index in [2.05, 4.69) is 4.98 Å². The molecule has 0 radical (unpaired) electrons. The Balaban J connectivity index is 0.00000385. The highest BCUT2D eigenvalue weighted by Crippen LogP contribution is 2.24. The molecule has 7 nitrogen and oxygen atoms in total. The molecule has 0 aliphatic carbocycles. The van der Waals surface area contributed by atoms with Crippen molar-refractivity contribution >= 4 is 29.0 Å². The largest absolute Gasteiger partial charge is 0.492 e. The third kappa shape index (κ3) is 7.41. The fourth-order valence-corrected chi connectivity index (χ4v) is 3.49. The summed E-state index contributed by atoms with van der Waals surface area (Å²) in [6, 6.07) is 18.4. The van der Waals surface area contributed by atoms with E-state index in [1.807, 2.05) is 44.2 Å². The Hall–Kier alpha value is -2.68. The summed E-state index contributed by atoms with van der Waals surface area (Å²) in [5.41, 5.74) is 2.26. The first-order chi connectivity index (χ1) is 15.5. The minimum Gasteiger partial charge on any atom is -0.492 e. The average Bonchev–Trinajstić information content (AvgIpc) is 2.80. The number of benzene rings is 2. The Kier molecular flexibility index (Phi) is 10.6. The number of aryl methyl sites for hydroxylation is 1. The SMILES string of the molecule is CCOC(CC(=O)O)c1ccc(OCCn2c(CC)nc(-c3ccccc3)cc2=O)cc1.[MgH2]. The highest BCUT2D eigenvalue weighted by Gasteiger charge is 2.16. The van der Waals surface area contributed by atoms with Gasteiger partial charge in [-0.3, -0.25) is 14.2 Å². The van der Waals surface area contributed by atoms with Gasteiger partial charge in [-0.1, -0.05) is 49.4 Å². The predicted octanol–water partition coefficient (Wildman–Crippen LogP) is 3.19. The molecule has 1 aromatic heterocycles. The van der Waals surface area contributed by atoms with Gasteiger partial charge in [0.2, 0.25) is 0 Å². The molecule has 0 bridgehead atoms. The number of hydrogen-bond acceptors (Lipinski definition) is 5. The summed E-state index contributed by atoms with van der Waals surface area (Å²) in [4.78, 5) is 28.4. The topological polar surface area (TPSA) is 90.7 Å². The van der Waals surface area contributed by atoms with Crippen molar-refractivity contribution in [2.45, 2.75) is 39.3 Å². The van der Waals surface area contributed by atoms with E-state index in [1.54, 1.807) is 34.9 Å². The van der Waals surface area contributed by atoms with Gasteiger partial charge in [0.25, 0.3) is 5.56 Å². The van der Waals surface area contributed by atoms with Crippen molar-refractivity contribution < 1.29 is 19.4 Å². The van der Waals surface area contributed by atoms with Crippen LogP contribution in [-0.2, 0) is 22.5 Å². The van der Waals surface area contributed by atoms with Gasteiger partial charge in [-0.2, -0.15) is 0 Å². The summed E-state index contributed by atoms with van der Waals surface area (Å²) >= 11 is 0. The maximum Gasteiger partial charge on any atom is 0.316 e. The number of carbonyl (C=O) groups is 1. The van der Waals surface area contributed by atoms with Crippen LogP contribution < -0.4 is 10.3 Å². The summed E-state index contributed by atoms with van der Waals surface area (Å²) in [6.45, 7) is 4.93. The summed E-state index contributed by atoms with van der Waals surface area (Å²) in [5.74, 6) is 0.440. The van der Waals surface area contributed by atoms with Crippen LogP contribution in [0.4, 0.5) is 0 Å². The van der Waals surface area contributed by atoms with Crippen molar-refractivity contribution in [1.82, 2.24) is 9.55 Å². The van der Waals surface area contributed by atoms with E-state index >= 15 is 0 Å². The normalized spacial score (nSPS) is 11.5. The van der Waals surface area contributed by atoms with Gasteiger partial charge in [0.15, 0.2) is 0 Å². The third-order valence-electron chi connectivity index (χ3n) is 5.04. The lowest BCUT2D eigenvalue weighted by molar-refractivity contribution is -0.140. The first-order valence-corrected chi connectivity index (χ1v) is 10.7. The number of aliphatic carboxylic acids is 1. The molecule has 1 atom stereocenters. The lowest BCUT2D eigenvalue weighted by Gasteiger charge is -2.16. The van der Waals surface area contributed by atoms with Crippen LogP contribution in [0.15, 0.2) is 65.5 Å². The fraction of sp³-hybridized carbons (Fsp3) is 0.320. The first-order valence-electron chi connectivity index (χ1n) is 10.7. The number of hydrogen-bond donors (Lipinski definition) is 1. The van der Waals surface area contributed by atoms with Gasteiger partial charge >= 0.3 is 29.0 Å².